The van der Waals surface area contributed by atoms with Crippen molar-refractivity contribution in [3.8, 4) is 11.5 Å². The molecule has 0 radical (unpaired) electrons. The first-order valence-electron chi connectivity index (χ1n) is 6.68. The summed E-state index contributed by atoms with van der Waals surface area (Å²) in [6.07, 6.45) is 0.987. The molecule has 2 aromatic rings. The quantitative estimate of drug-likeness (QED) is 0.835. The number of phenolic OH excluding ortho intramolecular Hbond substituents is 1. The van der Waals surface area contributed by atoms with Crippen LogP contribution in [0.3, 0.4) is 0 Å². The number of fused-ring (bicyclic) bond motifs is 1. The number of phenols is 1. The van der Waals surface area contributed by atoms with Gasteiger partial charge in [0, 0.05) is 11.5 Å². The van der Waals surface area contributed by atoms with E-state index in [-0.39, 0.29) is 0 Å². The molecule has 3 rings (SSSR count). The molecule has 0 fully saturated rings. The highest BCUT2D eigenvalue weighted by Gasteiger charge is 2.23. The van der Waals surface area contributed by atoms with Gasteiger partial charge in [-0.05, 0) is 43.0 Å². The molecule has 1 N–H and O–H groups in total. The van der Waals surface area contributed by atoms with Crippen LogP contribution in [0.1, 0.15) is 34.6 Å². The van der Waals surface area contributed by atoms with Crippen LogP contribution in [0.5, 0.6) is 11.5 Å². The summed E-state index contributed by atoms with van der Waals surface area (Å²) in [6.45, 7) is 4.66. The SMILES string of the molecule is Cc1cc(C2CCOc3ccccc32)cc(C)c1O. The smallest absolute Gasteiger partial charge is 0.123 e. The molecule has 2 aromatic carbocycles. The van der Waals surface area contributed by atoms with Gasteiger partial charge in [-0.15, -0.1) is 0 Å². The van der Waals surface area contributed by atoms with E-state index < -0.39 is 0 Å². The minimum atomic E-state index is 0.364. The van der Waals surface area contributed by atoms with Gasteiger partial charge in [0.1, 0.15) is 11.5 Å². The molecule has 19 heavy (non-hydrogen) atoms. The highest BCUT2D eigenvalue weighted by Crippen LogP contribution is 2.39. The fraction of sp³-hybridized carbons (Fsp3) is 0.294. The molecular formula is C17H18O2. The summed E-state index contributed by atoms with van der Waals surface area (Å²) in [5.41, 5.74) is 4.40. The monoisotopic (exact) mass is 254 g/mol. The average Bonchev–Trinajstić information content (AvgIpc) is 2.43. The number of hydrogen-bond acceptors (Lipinski definition) is 2. The summed E-state index contributed by atoms with van der Waals surface area (Å²) < 4.78 is 5.71. The molecule has 98 valence electrons. The molecule has 0 amide bonds. The van der Waals surface area contributed by atoms with Crippen molar-refractivity contribution >= 4 is 0 Å². The van der Waals surface area contributed by atoms with Crippen molar-refractivity contribution in [1.29, 1.82) is 0 Å². The van der Waals surface area contributed by atoms with Gasteiger partial charge < -0.3 is 9.84 Å². The lowest BCUT2D eigenvalue weighted by atomic mass is 9.85. The van der Waals surface area contributed by atoms with Crippen LogP contribution in [0.15, 0.2) is 36.4 Å². The fourth-order valence-corrected chi connectivity index (χ4v) is 2.88. The molecule has 1 atom stereocenters. The van der Waals surface area contributed by atoms with E-state index in [1.807, 2.05) is 26.0 Å². The number of rotatable bonds is 1. The molecule has 0 saturated carbocycles. The predicted molar refractivity (Wildman–Crippen MR) is 76.0 cm³/mol. The van der Waals surface area contributed by atoms with Gasteiger partial charge >= 0.3 is 0 Å². The van der Waals surface area contributed by atoms with Crippen molar-refractivity contribution in [2.75, 3.05) is 6.61 Å². The standard InChI is InChI=1S/C17H18O2/c1-11-9-13(10-12(2)17(11)18)14-7-8-19-16-6-4-3-5-15(14)16/h3-6,9-10,14,18H,7-8H2,1-2H3. The van der Waals surface area contributed by atoms with E-state index in [9.17, 15) is 5.11 Å². The summed E-state index contributed by atoms with van der Waals surface area (Å²) in [6, 6.07) is 12.4. The Labute approximate surface area is 113 Å². The van der Waals surface area contributed by atoms with Gasteiger partial charge in [0.15, 0.2) is 0 Å². The molecule has 0 saturated heterocycles. The topological polar surface area (TPSA) is 29.5 Å². The van der Waals surface area contributed by atoms with Crippen LogP contribution in [-0.4, -0.2) is 11.7 Å². The van der Waals surface area contributed by atoms with Gasteiger partial charge in [0.2, 0.25) is 0 Å². The van der Waals surface area contributed by atoms with Crippen molar-refractivity contribution in [3.05, 3.63) is 58.7 Å². The Morgan fingerprint density at radius 1 is 1.11 bits per heavy atom. The number of aromatic hydroxyl groups is 1. The van der Waals surface area contributed by atoms with Crippen LogP contribution < -0.4 is 4.74 Å². The van der Waals surface area contributed by atoms with E-state index in [4.69, 9.17) is 4.74 Å². The molecule has 0 aliphatic carbocycles. The Balaban J connectivity index is 2.09. The summed E-state index contributed by atoms with van der Waals surface area (Å²) in [5, 5.41) is 9.90. The Morgan fingerprint density at radius 3 is 2.53 bits per heavy atom. The Bertz CT molecular complexity index is 593. The lowest BCUT2D eigenvalue weighted by molar-refractivity contribution is 0.277. The minimum absolute atomic E-state index is 0.364. The molecule has 2 heteroatoms. The average molecular weight is 254 g/mol. The Kier molecular flexibility index (Phi) is 2.94. The van der Waals surface area contributed by atoms with Crippen LogP contribution in [0.2, 0.25) is 0 Å². The molecule has 1 aliphatic rings. The molecule has 0 aromatic heterocycles. The second-order valence-corrected chi connectivity index (χ2v) is 5.23. The van der Waals surface area contributed by atoms with E-state index in [0.717, 1.165) is 29.9 Å². The van der Waals surface area contributed by atoms with Crippen LogP contribution in [0.25, 0.3) is 0 Å². The Hall–Kier alpha value is -1.96. The van der Waals surface area contributed by atoms with Crippen LogP contribution >= 0.6 is 0 Å². The van der Waals surface area contributed by atoms with E-state index in [0.29, 0.717) is 11.7 Å². The van der Waals surface area contributed by atoms with Crippen molar-refractivity contribution < 1.29 is 9.84 Å². The summed E-state index contributed by atoms with van der Waals surface area (Å²) in [5.74, 6) is 1.76. The van der Waals surface area contributed by atoms with Crippen molar-refractivity contribution in [3.63, 3.8) is 0 Å². The van der Waals surface area contributed by atoms with Gasteiger partial charge in [-0.25, -0.2) is 0 Å². The number of hydrogen-bond donors (Lipinski definition) is 1. The van der Waals surface area contributed by atoms with E-state index in [1.165, 1.54) is 11.1 Å². The van der Waals surface area contributed by atoms with E-state index in [1.54, 1.807) is 0 Å². The van der Waals surface area contributed by atoms with Crippen LogP contribution in [0, 0.1) is 13.8 Å². The maximum Gasteiger partial charge on any atom is 0.123 e. The number of benzene rings is 2. The fourth-order valence-electron chi connectivity index (χ4n) is 2.88. The van der Waals surface area contributed by atoms with E-state index >= 15 is 0 Å². The minimum Gasteiger partial charge on any atom is -0.507 e. The molecule has 1 aliphatic heterocycles. The first-order valence-corrected chi connectivity index (χ1v) is 6.68. The largest absolute Gasteiger partial charge is 0.507 e. The Morgan fingerprint density at radius 2 is 1.79 bits per heavy atom. The zero-order valence-corrected chi connectivity index (χ0v) is 11.3. The van der Waals surface area contributed by atoms with Gasteiger partial charge in [0.25, 0.3) is 0 Å². The first-order chi connectivity index (χ1) is 9.16. The number of ether oxygens (including phenoxy) is 1. The van der Waals surface area contributed by atoms with Gasteiger partial charge in [-0.3, -0.25) is 0 Å². The maximum absolute atomic E-state index is 9.90. The second-order valence-electron chi connectivity index (χ2n) is 5.23. The first kappa shape index (κ1) is 12.1. The number of para-hydroxylation sites is 1. The lowest BCUT2D eigenvalue weighted by Crippen LogP contribution is -2.15. The van der Waals surface area contributed by atoms with Crippen molar-refractivity contribution in [1.82, 2.24) is 0 Å². The van der Waals surface area contributed by atoms with Gasteiger partial charge in [0.05, 0.1) is 6.61 Å². The summed E-state index contributed by atoms with van der Waals surface area (Å²) in [4.78, 5) is 0. The van der Waals surface area contributed by atoms with Crippen molar-refractivity contribution in [2.45, 2.75) is 26.2 Å². The zero-order valence-electron chi connectivity index (χ0n) is 11.3. The molecular weight excluding hydrogens is 236 g/mol. The van der Waals surface area contributed by atoms with Gasteiger partial charge in [-0.1, -0.05) is 30.3 Å². The lowest BCUT2D eigenvalue weighted by Gasteiger charge is -2.27. The van der Waals surface area contributed by atoms with Crippen LogP contribution in [-0.2, 0) is 0 Å². The van der Waals surface area contributed by atoms with E-state index in [2.05, 4.69) is 24.3 Å². The molecule has 1 heterocycles. The molecule has 1 unspecified atom stereocenters. The zero-order chi connectivity index (χ0) is 13.4. The van der Waals surface area contributed by atoms with Gasteiger partial charge in [-0.2, -0.15) is 0 Å². The predicted octanol–water partition coefficient (Wildman–Crippen LogP) is 3.92. The summed E-state index contributed by atoms with van der Waals surface area (Å²) >= 11 is 0. The third kappa shape index (κ3) is 2.07. The van der Waals surface area contributed by atoms with Crippen molar-refractivity contribution in [2.24, 2.45) is 0 Å². The molecule has 0 bridgehead atoms. The third-order valence-electron chi connectivity index (χ3n) is 3.87. The normalized spacial score (nSPS) is 17.7. The highest BCUT2D eigenvalue weighted by molar-refractivity contribution is 5.49. The molecule has 0 spiro atoms. The maximum atomic E-state index is 9.90. The molecule has 2 nitrogen and oxygen atoms in total. The highest BCUT2D eigenvalue weighted by atomic mass is 16.5. The number of aryl methyl sites for hydroxylation is 2. The second kappa shape index (κ2) is 4.61. The third-order valence-corrected chi connectivity index (χ3v) is 3.87. The van der Waals surface area contributed by atoms with Crippen LogP contribution in [0.4, 0.5) is 0 Å². The summed E-state index contributed by atoms with van der Waals surface area (Å²) in [7, 11) is 0.